The van der Waals surface area contributed by atoms with Crippen LogP contribution in [0.15, 0.2) is 115 Å². The standard InChI is InChI=1S/C63H95N3O21/c1-38-20-16-13-11-9-7-5-6-8-10-12-14-19-23-46(86-61-58(78)54(56(76)41(4)85-61)64-37-63(82)59(79)57(77)50(73)36-83-63)33-51-53(60(80)66-28-26-65(27-29-66)42-21-17-15-18-22-42)49(72)35-62(81,87-51)34-45(69)31-48(71)47(70)25-24-43(67)30-44(68)32-52(74)84-40(3)39(2)55(38)75/h5-23,38-41,43-51,53-59,61,64,67-73,75-79,81-82H,24-37H2,1-4H3/t38-,39?,40-,41+,43+,44+,45-,46-,47+,48+,49-,50+,51?,53?,54-,55+,56+,57-,58-,59-,61-,62+,63+/m0/s1. The van der Waals surface area contributed by atoms with Gasteiger partial charge in [-0.05, 0) is 45.2 Å². The van der Waals surface area contributed by atoms with Crippen LogP contribution in [0.4, 0.5) is 5.69 Å². The van der Waals surface area contributed by atoms with Crippen LogP contribution in [0.2, 0.25) is 0 Å². The van der Waals surface area contributed by atoms with E-state index in [4.69, 9.17) is 23.7 Å². The third-order valence-electron chi connectivity index (χ3n) is 17.0. The Bertz CT molecular complexity index is 2480. The number of fused-ring (bicyclic) bond motifs is 2. The molecule has 5 heterocycles. The number of rotatable bonds is 7. The first-order valence-electron chi connectivity index (χ1n) is 30.2. The highest BCUT2D eigenvalue weighted by atomic mass is 16.7. The minimum atomic E-state index is -2.47. The van der Waals surface area contributed by atoms with Crippen molar-refractivity contribution in [3.63, 3.8) is 0 Å². The number of carbonyl (C=O) groups excluding carboxylic acids is 2. The maximum Gasteiger partial charge on any atom is 0.308 e. The fraction of sp³-hybridized carbons (Fsp3) is 0.651. The van der Waals surface area contributed by atoms with E-state index in [2.05, 4.69) is 10.2 Å². The predicted octanol–water partition coefficient (Wildman–Crippen LogP) is -0.592. The molecule has 24 heteroatoms. The van der Waals surface area contributed by atoms with Gasteiger partial charge in [0.1, 0.15) is 30.5 Å². The molecule has 6 rings (SSSR count). The number of ether oxygens (including phenoxy) is 5. The fourth-order valence-electron chi connectivity index (χ4n) is 11.5. The highest BCUT2D eigenvalue weighted by Gasteiger charge is 2.53. The molecule has 0 spiro atoms. The summed E-state index contributed by atoms with van der Waals surface area (Å²) >= 11 is 0. The van der Waals surface area contributed by atoms with Crippen LogP contribution < -0.4 is 10.2 Å². The number of nitrogens with one attached hydrogen (secondary N) is 1. The van der Waals surface area contributed by atoms with E-state index in [0.717, 1.165) is 5.69 Å². The van der Waals surface area contributed by atoms with Crippen molar-refractivity contribution in [2.75, 3.05) is 44.2 Å². The van der Waals surface area contributed by atoms with Gasteiger partial charge in [-0.15, -0.1) is 0 Å². The molecule has 1 aromatic rings. The molecule has 488 valence electrons. The Kier molecular flexibility index (Phi) is 27.9. The third kappa shape index (κ3) is 21.0. The van der Waals surface area contributed by atoms with E-state index >= 15 is 0 Å². The number of hydrogen-bond acceptors (Lipinski definition) is 23. The number of esters is 1. The molecule has 4 fully saturated rings. The Hall–Kier alpha value is -4.62. The second kappa shape index (κ2) is 34.0. The zero-order chi connectivity index (χ0) is 63.6. The monoisotopic (exact) mass is 1230 g/mol. The molecule has 0 radical (unpaired) electrons. The first kappa shape index (κ1) is 71.5. The second-order valence-electron chi connectivity index (χ2n) is 23.9. The predicted molar refractivity (Wildman–Crippen MR) is 317 cm³/mol. The van der Waals surface area contributed by atoms with E-state index in [-0.39, 0.29) is 44.7 Å². The summed E-state index contributed by atoms with van der Waals surface area (Å²) in [6.45, 7) is 6.92. The summed E-state index contributed by atoms with van der Waals surface area (Å²) in [6, 6.07) is 8.28. The van der Waals surface area contributed by atoms with Gasteiger partial charge in [-0.2, -0.15) is 0 Å². The molecule has 0 aliphatic carbocycles. The molecule has 0 saturated carbocycles. The van der Waals surface area contributed by atoms with Crippen molar-refractivity contribution in [2.24, 2.45) is 17.8 Å². The zero-order valence-electron chi connectivity index (χ0n) is 50.0. The highest BCUT2D eigenvalue weighted by molar-refractivity contribution is 5.80. The molecule has 23 atom stereocenters. The van der Waals surface area contributed by atoms with Crippen molar-refractivity contribution in [2.45, 2.75) is 201 Å². The Morgan fingerprint density at radius 1 is 0.632 bits per heavy atom. The summed E-state index contributed by atoms with van der Waals surface area (Å²) in [5, 5.41) is 158. The molecule has 0 aromatic heterocycles. The average Bonchev–Trinajstić information content (AvgIpc) is 1.15. The Balaban J connectivity index is 1.28. The number of aliphatic hydroxyl groups is 14. The minimum Gasteiger partial charge on any atom is -0.462 e. The third-order valence-corrected chi connectivity index (χ3v) is 17.0. The lowest BCUT2D eigenvalue weighted by Crippen LogP contribution is -2.69. The van der Waals surface area contributed by atoms with Crippen molar-refractivity contribution in [3.05, 3.63) is 115 Å². The largest absolute Gasteiger partial charge is 0.462 e. The summed E-state index contributed by atoms with van der Waals surface area (Å²) in [5.41, 5.74) is 0.958. The van der Waals surface area contributed by atoms with Crippen LogP contribution in [-0.2, 0) is 33.3 Å². The zero-order valence-corrected chi connectivity index (χ0v) is 50.0. The maximum atomic E-state index is 14.8. The quantitative estimate of drug-likeness (QED) is 0.152. The van der Waals surface area contributed by atoms with Gasteiger partial charge in [0.25, 0.3) is 0 Å². The second-order valence-corrected chi connectivity index (χ2v) is 23.9. The van der Waals surface area contributed by atoms with Crippen LogP contribution in [-0.4, -0.2) is 249 Å². The molecule has 15 N–H and O–H groups in total. The maximum absolute atomic E-state index is 14.8. The number of nitrogens with zero attached hydrogens (tertiary/aromatic N) is 2. The topological polar surface area (TPSA) is 382 Å². The summed E-state index contributed by atoms with van der Waals surface area (Å²) < 4.78 is 29.8. The van der Waals surface area contributed by atoms with E-state index in [1.165, 1.54) is 6.92 Å². The number of para-hydroxylation sites is 1. The van der Waals surface area contributed by atoms with Crippen molar-refractivity contribution in [1.29, 1.82) is 0 Å². The smallest absolute Gasteiger partial charge is 0.308 e. The van der Waals surface area contributed by atoms with E-state index in [0.29, 0.717) is 13.1 Å². The van der Waals surface area contributed by atoms with Crippen molar-refractivity contribution in [1.82, 2.24) is 10.2 Å². The normalized spacial score (nSPS) is 40.9. The number of aliphatic hydroxyl groups excluding tert-OH is 12. The van der Waals surface area contributed by atoms with Gasteiger partial charge in [0.05, 0.1) is 98.7 Å². The van der Waals surface area contributed by atoms with Crippen LogP contribution in [0.5, 0.6) is 0 Å². The van der Waals surface area contributed by atoms with Gasteiger partial charge >= 0.3 is 5.97 Å². The molecule has 5 aliphatic heterocycles. The number of piperazine rings is 1. The van der Waals surface area contributed by atoms with Gasteiger partial charge < -0.3 is 110 Å². The molecule has 87 heavy (non-hydrogen) atoms. The number of carbonyl (C=O) groups is 2. The average molecular weight is 1230 g/mol. The van der Waals surface area contributed by atoms with Crippen LogP contribution in [0.3, 0.4) is 0 Å². The summed E-state index contributed by atoms with van der Waals surface area (Å²) in [4.78, 5) is 31.3. The van der Waals surface area contributed by atoms with Gasteiger partial charge in [-0.3, -0.25) is 9.59 Å². The van der Waals surface area contributed by atoms with E-state index in [9.17, 15) is 81.1 Å². The van der Waals surface area contributed by atoms with E-state index < -0.39 is 184 Å². The molecule has 4 saturated heterocycles. The first-order chi connectivity index (χ1) is 41.3. The van der Waals surface area contributed by atoms with Gasteiger partial charge in [-0.25, -0.2) is 0 Å². The molecule has 24 nitrogen and oxygen atoms in total. The number of anilines is 1. The van der Waals surface area contributed by atoms with Crippen molar-refractivity contribution < 1.29 is 105 Å². The van der Waals surface area contributed by atoms with Crippen molar-refractivity contribution >= 4 is 17.6 Å². The fourth-order valence-corrected chi connectivity index (χ4v) is 11.5. The number of benzene rings is 1. The van der Waals surface area contributed by atoms with Gasteiger partial charge in [0.2, 0.25) is 11.7 Å². The number of allylic oxidation sites excluding steroid dienone is 12. The molecule has 1 amide bonds. The van der Waals surface area contributed by atoms with Crippen LogP contribution in [0.1, 0.15) is 79.1 Å². The van der Waals surface area contributed by atoms with Gasteiger partial charge in [0.15, 0.2) is 12.1 Å². The van der Waals surface area contributed by atoms with Crippen LogP contribution >= 0.6 is 0 Å². The summed E-state index contributed by atoms with van der Waals surface area (Å²) in [5.74, 6) is -8.22. The lowest BCUT2D eigenvalue weighted by molar-refractivity contribution is -0.323. The summed E-state index contributed by atoms with van der Waals surface area (Å²) in [6.07, 6.45) is -2.91. The Labute approximate surface area is 508 Å². The van der Waals surface area contributed by atoms with E-state index in [1.807, 2.05) is 43.3 Å². The first-order valence-corrected chi connectivity index (χ1v) is 30.2. The minimum absolute atomic E-state index is 0.130. The molecule has 3 unspecified atom stereocenters. The molecule has 5 aliphatic rings. The molecular weight excluding hydrogens is 1130 g/mol. The van der Waals surface area contributed by atoms with Crippen LogP contribution in [0, 0.1) is 17.8 Å². The number of amides is 1. The summed E-state index contributed by atoms with van der Waals surface area (Å²) in [7, 11) is 0. The SMILES string of the molecule is CC1[C@H](C)OC(=O)C[C@H](O)C[C@H](O)CC[C@@H](O)[C@H](O)C[C@H](O)C[C@]2(O)C[C@H](O)C(C(=O)N3CCN(c4ccccc4)CC3)C(C[C@@H](O[C@@H]3O[C@H](C)[C@@H](O)[C@H](NC[C@@]4(O)OC[C@@H](O)[C@H](O)[C@@H]4O)[C@@H]3O)C=CC=CC=CC=CC=CC=CC=C[C@H](C)[C@H]1O)O2. The highest BCUT2D eigenvalue weighted by Crippen LogP contribution is 2.39. The number of cyclic esters (lactones) is 1. The Morgan fingerprint density at radius 3 is 1.87 bits per heavy atom. The molecule has 2 bridgehead atoms. The number of hydrogen-bond donors (Lipinski definition) is 15. The van der Waals surface area contributed by atoms with Crippen molar-refractivity contribution in [3.8, 4) is 0 Å². The Morgan fingerprint density at radius 2 is 1.24 bits per heavy atom. The van der Waals surface area contributed by atoms with Gasteiger partial charge in [0, 0.05) is 69.4 Å². The molecule has 1 aromatic carbocycles. The van der Waals surface area contributed by atoms with Gasteiger partial charge in [-0.1, -0.05) is 117 Å². The van der Waals surface area contributed by atoms with E-state index in [1.54, 1.807) is 97.7 Å². The lowest BCUT2D eigenvalue weighted by Gasteiger charge is -2.48. The van der Waals surface area contributed by atoms with Crippen LogP contribution in [0.25, 0.3) is 0 Å². The molecular formula is C63H95N3O21. The lowest BCUT2D eigenvalue weighted by atomic mass is 9.81.